The molecule has 2 heterocycles. The molecule has 182 valence electrons. The van der Waals surface area contributed by atoms with E-state index in [1.807, 2.05) is 35.8 Å². The van der Waals surface area contributed by atoms with E-state index in [-0.39, 0.29) is 16.6 Å². The standard InChI is InChI=1S/C27H21F3N4O2/c1-2-14-33-23-13-6-5-12-22(23)32-26(33)31-16-21-19-10-3-4-11-20(19)24(35)34(25(21)36)18-9-7-8-17(15-18)27(28,29)30/h3-13,15-16,36H,2,14H2,1H3/b31-16+. The summed E-state index contributed by atoms with van der Waals surface area (Å²) in [6.45, 7) is 2.70. The van der Waals surface area contributed by atoms with Gasteiger partial charge < -0.3 is 9.67 Å². The molecule has 0 atom stereocenters. The number of aromatic hydroxyl groups is 1. The first-order valence-corrected chi connectivity index (χ1v) is 11.3. The molecule has 1 N–H and O–H groups in total. The van der Waals surface area contributed by atoms with Crippen LogP contribution in [0.5, 0.6) is 5.88 Å². The molecule has 5 rings (SSSR count). The summed E-state index contributed by atoms with van der Waals surface area (Å²) in [5.74, 6) is -0.0988. The fourth-order valence-corrected chi connectivity index (χ4v) is 4.28. The molecule has 0 unspecified atom stereocenters. The SMILES string of the molecule is CCCn1c(/N=C/c2c(O)n(-c3cccc(C(F)(F)F)c3)c(=O)c3ccccc23)nc2ccccc21. The van der Waals surface area contributed by atoms with Crippen LogP contribution in [0.3, 0.4) is 0 Å². The van der Waals surface area contributed by atoms with Crippen molar-refractivity contribution >= 4 is 34.0 Å². The van der Waals surface area contributed by atoms with Crippen molar-refractivity contribution in [1.29, 1.82) is 0 Å². The molecule has 0 radical (unpaired) electrons. The van der Waals surface area contributed by atoms with E-state index in [9.17, 15) is 23.1 Å². The molecule has 0 aliphatic rings. The number of para-hydroxylation sites is 2. The highest BCUT2D eigenvalue weighted by molar-refractivity contribution is 6.02. The largest absolute Gasteiger partial charge is 0.494 e. The molecule has 0 fully saturated rings. The van der Waals surface area contributed by atoms with Crippen LogP contribution < -0.4 is 5.56 Å². The van der Waals surface area contributed by atoms with Gasteiger partial charge in [-0.15, -0.1) is 0 Å². The zero-order valence-corrected chi connectivity index (χ0v) is 19.2. The van der Waals surface area contributed by atoms with Gasteiger partial charge in [-0.05, 0) is 42.8 Å². The maximum absolute atomic E-state index is 13.3. The van der Waals surface area contributed by atoms with Crippen molar-refractivity contribution in [2.75, 3.05) is 0 Å². The number of hydrogen-bond acceptors (Lipinski definition) is 4. The summed E-state index contributed by atoms with van der Waals surface area (Å²) < 4.78 is 42.8. The number of aliphatic imine (C=N–C) groups is 1. The molecule has 0 aliphatic carbocycles. The van der Waals surface area contributed by atoms with E-state index in [1.54, 1.807) is 24.3 Å². The van der Waals surface area contributed by atoms with E-state index in [4.69, 9.17) is 0 Å². The quantitative estimate of drug-likeness (QED) is 0.297. The van der Waals surface area contributed by atoms with Gasteiger partial charge in [0, 0.05) is 23.5 Å². The van der Waals surface area contributed by atoms with Crippen LogP contribution in [0, 0.1) is 0 Å². The second kappa shape index (κ2) is 8.99. The Morgan fingerprint density at radius 3 is 2.47 bits per heavy atom. The summed E-state index contributed by atoms with van der Waals surface area (Å²) in [7, 11) is 0. The van der Waals surface area contributed by atoms with Crippen LogP contribution in [0.4, 0.5) is 19.1 Å². The molecule has 36 heavy (non-hydrogen) atoms. The third-order valence-corrected chi connectivity index (χ3v) is 5.93. The summed E-state index contributed by atoms with van der Waals surface area (Å²) in [5.41, 5.74) is 0.194. The molecule has 0 spiro atoms. The number of imidazole rings is 1. The van der Waals surface area contributed by atoms with Crippen LogP contribution in [0.2, 0.25) is 0 Å². The number of pyridine rings is 1. The van der Waals surface area contributed by atoms with Crippen molar-refractivity contribution in [2.24, 2.45) is 4.99 Å². The smallest absolute Gasteiger partial charge is 0.416 e. The van der Waals surface area contributed by atoms with Crippen molar-refractivity contribution in [1.82, 2.24) is 14.1 Å². The second-order valence-electron chi connectivity index (χ2n) is 8.28. The van der Waals surface area contributed by atoms with Gasteiger partial charge in [-0.3, -0.25) is 4.79 Å². The number of rotatable bonds is 5. The zero-order valence-electron chi connectivity index (χ0n) is 19.2. The third-order valence-electron chi connectivity index (χ3n) is 5.93. The Hall–Kier alpha value is -4.40. The van der Waals surface area contributed by atoms with E-state index < -0.39 is 23.2 Å². The molecule has 0 bridgehead atoms. The summed E-state index contributed by atoms with van der Waals surface area (Å²) >= 11 is 0. The number of aryl methyl sites for hydroxylation is 1. The number of nitrogens with zero attached hydrogens (tertiary/aromatic N) is 4. The predicted octanol–water partition coefficient (Wildman–Crippen LogP) is 6.23. The van der Waals surface area contributed by atoms with Gasteiger partial charge in [-0.2, -0.15) is 13.2 Å². The minimum absolute atomic E-state index is 0.106. The Morgan fingerprint density at radius 2 is 1.72 bits per heavy atom. The van der Waals surface area contributed by atoms with Gasteiger partial charge in [-0.25, -0.2) is 14.5 Å². The number of alkyl halides is 3. The highest BCUT2D eigenvalue weighted by Crippen LogP contribution is 2.32. The molecule has 6 nitrogen and oxygen atoms in total. The Kier molecular flexibility index (Phi) is 5.83. The molecule has 0 saturated carbocycles. The minimum atomic E-state index is -4.60. The highest BCUT2D eigenvalue weighted by atomic mass is 19.4. The third kappa shape index (κ3) is 4.02. The normalized spacial score (nSPS) is 12.2. The van der Waals surface area contributed by atoms with Gasteiger partial charge in [0.25, 0.3) is 5.56 Å². The topological polar surface area (TPSA) is 72.4 Å². The van der Waals surface area contributed by atoms with Crippen molar-refractivity contribution in [3.8, 4) is 11.6 Å². The Bertz CT molecular complexity index is 1680. The van der Waals surface area contributed by atoms with Crippen LogP contribution in [0.1, 0.15) is 24.5 Å². The lowest BCUT2D eigenvalue weighted by Gasteiger charge is -2.15. The van der Waals surface area contributed by atoms with E-state index in [0.717, 1.165) is 34.2 Å². The van der Waals surface area contributed by atoms with Gasteiger partial charge >= 0.3 is 6.18 Å². The monoisotopic (exact) mass is 490 g/mol. The molecular formula is C27H21F3N4O2. The lowest BCUT2D eigenvalue weighted by molar-refractivity contribution is -0.137. The van der Waals surface area contributed by atoms with Crippen LogP contribution in [-0.2, 0) is 12.7 Å². The molecule has 5 aromatic rings. The lowest BCUT2D eigenvalue weighted by atomic mass is 10.1. The molecule has 0 amide bonds. The summed E-state index contributed by atoms with van der Waals surface area (Å²) in [5, 5.41) is 11.8. The molecule has 0 saturated heterocycles. The van der Waals surface area contributed by atoms with E-state index in [0.29, 0.717) is 17.9 Å². The summed E-state index contributed by atoms with van der Waals surface area (Å²) in [4.78, 5) is 22.4. The number of hydrogen-bond donors (Lipinski definition) is 1. The summed E-state index contributed by atoms with van der Waals surface area (Å²) in [6, 6.07) is 18.5. The minimum Gasteiger partial charge on any atom is -0.494 e. The van der Waals surface area contributed by atoms with Crippen molar-refractivity contribution in [2.45, 2.75) is 26.1 Å². The fourth-order valence-electron chi connectivity index (χ4n) is 4.28. The van der Waals surface area contributed by atoms with Gasteiger partial charge in [0.2, 0.25) is 11.8 Å². The van der Waals surface area contributed by atoms with Crippen molar-refractivity contribution in [3.05, 3.63) is 94.3 Å². The molecule has 3 aromatic carbocycles. The van der Waals surface area contributed by atoms with Gasteiger partial charge in [-0.1, -0.05) is 43.3 Å². The molecule has 0 aliphatic heterocycles. The summed E-state index contributed by atoms with van der Waals surface area (Å²) in [6.07, 6.45) is -2.36. The highest BCUT2D eigenvalue weighted by Gasteiger charge is 2.31. The first kappa shape index (κ1) is 23.3. The number of fused-ring (bicyclic) bond motifs is 2. The van der Waals surface area contributed by atoms with Gasteiger partial charge in [0.1, 0.15) is 0 Å². The zero-order chi connectivity index (χ0) is 25.4. The molecule has 9 heteroatoms. The number of aromatic nitrogens is 3. The number of benzene rings is 3. The Morgan fingerprint density at radius 1 is 1.00 bits per heavy atom. The molecule has 2 aromatic heterocycles. The van der Waals surface area contributed by atoms with Crippen LogP contribution in [0.15, 0.2) is 82.6 Å². The van der Waals surface area contributed by atoms with E-state index >= 15 is 0 Å². The second-order valence-corrected chi connectivity index (χ2v) is 8.28. The maximum Gasteiger partial charge on any atom is 0.416 e. The number of halogens is 3. The average molecular weight is 490 g/mol. The van der Waals surface area contributed by atoms with Crippen LogP contribution >= 0.6 is 0 Å². The van der Waals surface area contributed by atoms with Crippen LogP contribution in [0.25, 0.3) is 27.5 Å². The predicted molar refractivity (Wildman–Crippen MR) is 133 cm³/mol. The molecular weight excluding hydrogens is 469 g/mol. The van der Waals surface area contributed by atoms with Crippen molar-refractivity contribution in [3.63, 3.8) is 0 Å². The van der Waals surface area contributed by atoms with Crippen molar-refractivity contribution < 1.29 is 18.3 Å². The van der Waals surface area contributed by atoms with Gasteiger partial charge in [0.05, 0.1) is 27.8 Å². The van der Waals surface area contributed by atoms with E-state index in [1.165, 1.54) is 18.3 Å². The first-order chi connectivity index (χ1) is 17.3. The van der Waals surface area contributed by atoms with Crippen LogP contribution in [-0.4, -0.2) is 25.4 Å². The Labute approximate surface area is 203 Å². The van der Waals surface area contributed by atoms with E-state index in [2.05, 4.69) is 9.98 Å². The Balaban J connectivity index is 1.73. The lowest BCUT2D eigenvalue weighted by Crippen LogP contribution is -2.20. The first-order valence-electron chi connectivity index (χ1n) is 11.3. The fraction of sp³-hybridized carbons (Fsp3) is 0.148. The maximum atomic E-state index is 13.3. The van der Waals surface area contributed by atoms with Gasteiger partial charge in [0.15, 0.2) is 0 Å². The average Bonchev–Trinajstić information content (AvgIpc) is 3.21.